The first-order valence-corrected chi connectivity index (χ1v) is 6.51. The zero-order chi connectivity index (χ0) is 12.7. The number of halogens is 4. The van der Waals surface area contributed by atoms with Gasteiger partial charge in [-0.1, -0.05) is 11.1 Å². The number of hydrogen-bond donors (Lipinski definition) is 1. The van der Waals surface area contributed by atoms with Crippen molar-refractivity contribution in [2.45, 2.75) is 26.5 Å². The minimum absolute atomic E-state index is 0. The van der Waals surface area contributed by atoms with Crippen LogP contribution in [0.1, 0.15) is 22.3 Å². The zero-order valence-electron chi connectivity index (χ0n) is 10.2. The Kier molecular flexibility index (Phi) is 7.72. The first kappa shape index (κ1) is 18.8. The van der Waals surface area contributed by atoms with Gasteiger partial charge >= 0.3 is 58.4 Å². The molecule has 0 fully saturated rings. The van der Waals surface area contributed by atoms with E-state index in [0.29, 0.717) is 26.0 Å². The molecule has 0 aliphatic rings. The smallest absolute Gasteiger partial charge is 0.445 e. The molecular formula is C10H12BF3IKS. The van der Waals surface area contributed by atoms with Crippen molar-refractivity contribution in [1.82, 2.24) is 0 Å². The van der Waals surface area contributed by atoms with Gasteiger partial charge in [-0.15, -0.1) is 5.46 Å². The van der Waals surface area contributed by atoms with Crippen molar-refractivity contribution >= 4 is 47.7 Å². The van der Waals surface area contributed by atoms with E-state index in [9.17, 15) is 12.9 Å². The molecule has 0 saturated heterocycles. The van der Waals surface area contributed by atoms with Crippen LogP contribution >= 0.6 is 35.2 Å². The molecule has 0 aliphatic carbocycles. The Balaban J connectivity index is 0.00000256. The van der Waals surface area contributed by atoms with E-state index < -0.39 is 12.4 Å². The molecule has 0 N–H and O–H groups in total. The van der Waals surface area contributed by atoms with Gasteiger partial charge in [0.25, 0.3) is 0 Å². The van der Waals surface area contributed by atoms with E-state index in [-0.39, 0.29) is 51.4 Å². The monoisotopic (exact) mass is 398 g/mol. The summed E-state index contributed by atoms with van der Waals surface area (Å²) in [5.74, 6) is 0.340. The maximum Gasteiger partial charge on any atom is 1.00 e. The van der Waals surface area contributed by atoms with Crippen molar-refractivity contribution in [1.29, 1.82) is 0 Å². The van der Waals surface area contributed by atoms with Gasteiger partial charge in [0, 0.05) is 9.32 Å². The van der Waals surface area contributed by atoms with Gasteiger partial charge in [-0.3, -0.25) is 0 Å². The maximum absolute atomic E-state index is 13.0. The Hall–Kier alpha value is 1.79. The molecule has 0 atom stereocenters. The van der Waals surface area contributed by atoms with E-state index in [4.69, 9.17) is 0 Å². The van der Waals surface area contributed by atoms with Gasteiger partial charge in [-0.25, -0.2) is 0 Å². The van der Waals surface area contributed by atoms with Crippen molar-refractivity contribution in [3.63, 3.8) is 0 Å². The Morgan fingerprint density at radius 2 is 1.53 bits per heavy atom. The van der Waals surface area contributed by atoms with Crippen LogP contribution in [0.3, 0.4) is 0 Å². The van der Waals surface area contributed by atoms with Crippen LogP contribution in [-0.4, -0.2) is 6.98 Å². The first-order chi connectivity index (χ1) is 7.21. The van der Waals surface area contributed by atoms with E-state index in [2.05, 4.69) is 12.6 Å². The minimum Gasteiger partial charge on any atom is -0.445 e. The third kappa shape index (κ3) is 3.89. The molecule has 0 amide bonds. The molecular weight excluding hydrogens is 386 g/mol. The molecule has 1 aromatic rings. The average molecular weight is 398 g/mol. The van der Waals surface area contributed by atoms with Crippen LogP contribution in [-0.2, 0) is 5.75 Å². The SMILES string of the molecule is Cc1c(I)c(C)c([B-](F)(F)F)c(C)c1CS.[K+]. The van der Waals surface area contributed by atoms with E-state index >= 15 is 0 Å². The molecule has 0 aromatic heterocycles. The van der Waals surface area contributed by atoms with Gasteiger partial charge in [-0.05, 0) is 54.5 Å². The standard InChI is InChI=1S/C10H12BF3IS.K/c1-5-8(4-16)6(2)10(15)7(3)9(5)11(12,13)14;/h16H,4H2,1-3H3;/q-1;+1. The van der Waals surface area contributed by atoms with Crippen LogP contribution in [0.5, 0.6) is 0 Å². The Bertz CT molecular complexity index is 435. The number of rotatable bonds is 2. The molecule has 0 heterocycles. The van der Waals surface area contributed by atoms with Crippen LogP contribution < -0.4 is 56.8 Å². The zero-order valence-corrected chi connectivity index (χ0v) is 16.4. The summed E-state index contributed by atoms with van der Waals surface area (Å²) >= 11 is 6.09. The van der Waals surface area contributed by atoms with Crippen LogP contribution in [0.15, 0.2) is 0 Å². The quantitative estimate of drug-likeness (QED) is 0.424. The van der Waals surface area contributed by atoms with Gasteiger partial charge in [0.05, 0.1) is 0 Å². The molecule has 1 aromatic carbocycles. The molecule has 0 radical (unpaired) electrons. The molecule has 17 heavy (non-hydrogen) atoms. The molecule has 0 spiro atoms. The summed E-state index contributed by atoms with van der Waals surface area (Å²) in [6, 6.07) is 0. The normalized spacial score (nSPS) is 11.3. The summed E-state index contributed by atoms with van der Waals surface area (Å²) < 4.78 is 39.6. The van der Waals surface area contributed by atoms with Crippen molar-refractivity contribution in [2.75, 3.05) is 0 Å². The van der Waals surface area contributed by atoms with E-state index in [0.717, 1.165) is 5.56 Å². The van der Waals surface area contributed by atoms with E-state index in [1.807, 2.05) is 29.5 Å². The Morgan fingerprint density at radius 1 is 1.06 bits per heavy atom. The Labute approximate surface area is 162 Å². The fourth-order valence-electron chi connectivity index (χ4n) is 1.99. The predicted octanol–water partition coefficient (Wildman–Crippen LogP) is 0.705. The molecule has 0 nitrogen and oxygen atoms in total. The molecule has 90 valence electrons. The number of thiol groups is 1. The van der Waals surface area contributed by atoms with Crippen LogP contribution in [0.2, 0.25) is 0 Å². The third-order valence-corrected chi connectivity index (χ3v) is 4.79. The molecule has 7 heteroatoms. The summed E-state index contributed by atoms with van der Waals surface area (Å²) in [4.78, 5) is 0. The first-order valence-electron chi connectivity index (χ1n) is 4.80. The predicted molar refractivity (Wildman–Crippen MR) is 74.8 cm³/mol. The van der Waals surface area contributed by atoms with Crippen LogP contribution in [0.4, 0.5) is 12.9 Å². The molecule has 0 saturated carbocycles. The van der Waals surface area contributed by atoms with Crippen LogP contribution in [0.25, 0.3) is 0 Å². The van der Waals surface area contributed by atoms with Gasteiger partial charge in [-0.2, -0.15) is 12.6 Å². The molecule has 0 unspecified atom stereocenters. The molecule has 0 bridgehead atoms. The summed E-state index contributed by atoms with van der Waals surface area (Å²) in [6.45, 7) is -0.0361. The summed E-state index contributed by atoms with van der Waals surface area (Å²) in [5, 5.41) is 0. The van der Waals surface area contributed by atoms with Gasteiger partial charge in [0.15, 0.2) is 0 Å². The van der Waals surface area contributed by atoms with E-state index in [1.54, 1.807) is 0 Å². The van der Waals surface area contributed by atoms with Gasteiger partial charge in [0.1, 0.15) is 0 Å². The third-order valence-electron chi connectivity index (χ3n) is 2.86. The second kappa shape index (κ2) is 6.99. The summed E-state index contributed by atoms with van der Waals surface area (Å²) in [6.07, 6.45) is 0. The number of benzene rings is 1. The van der Waals surface area contributed by atoms with Crippen molar-refractivity contribution < 1.29 is 64.3 Å². The van der Waals surface area contributed by atoms with Crippen molar-refractivity contribution in [2.24, 2.45) is 0 Å². The van der Waals surface area contributed by atoms with Crippen molar-refractivity contribution in [3.05, 3.63) is 25.8 Å². The molecule has 0 aliphatic heterocycles. The van der Waals surface area contributed by atoms with Gasteiger partial charge < -0.3 is 12.9 Å². The molecule has 1 rings (SSSR count). The second-order valence-electron chi connectivity index (χ2n) is 3.81. The van der Waals surface area contributed by atoms with Gasteiger partial charge in [0.2, 0.25) is 0 Å². The second-order valence-corrected chi connectivity index (χ2v) is 5.21. The number of hydrogen-bond acceptors (Lipinski definition) is 1. The van der Waals surface area contributed by atoms with E-state index in [1.165, 1.54) is 13.8 Å². The summed E-state index contributed by atoms with van der Waals surface area (Å²) in [5.41, 5.74) is 1.84. The average Bonchev–Trinajstić information content (AvgIpc) is 2.13. The largest absolute Gasteiger partial charge is 1.00 e. The topological polar surface area (TPSA) is 0 Å². The maximum atomic E-state index is 13.0. The fraction of sp³-hybridized carbons (Fsp3) is 0.400. The van der Waals surface area contributed by atoms with Crippen molar-refractivity contribution in [3.8, 4) is 0 Å². The Morgan fingerprint density at radius 3 is 1.88 bits per heavy atom. The minimum atomic E-state index is -4.95. The fourth-order valence-corrected chi connectivity index (χ4v) is 3.08. The van der Waals surface area contributed by atoms with Crippen LogP contribution in [0, 0.1) is 24.3 Å². The summed E-state index contributed by atoms with van der Waals surface area (Å²) in [7, 11) is 0.